The number of nitrogens with zero attached hydrogens (tertiary/aromatic N) is 4. The van der Waals surface area contributed by atoms with E-state index in [9.17, 15) is 9.90 Å². The maximum absolute atomic E-state index is 12.2. The average Bonchev–Trinajstić information content (AvgIpc) is 3.15. The zero-order chi connectivity index (χ0) is 19.8. The first-order chi connectivity index (χ1) is 14.2. The third-order valence-corrected chi connectivity index (χ3v) is 6.56. The number of rotatable bonds is 4. The van der Waals surface area contributed by atoms with Gasteiger partial charge in [0.15, 0.2) is 0 Å². The minimum absolute atomic E-state index is 0.0708. The van der Waals surface area contributed by atoms with Crippen LogP contribution in [0, 0.1) is 5.41 Å². The van der Waals surface area contributed by atoms with Crippen LogP contribution in [0.5, 0.6) is 5.75 Å². The van der Waals surface area contributed by atoms with Gasteiger partial charge in [0.05, 0.1) is 0 Å². The van der Waals surface area contributed by atoms with Crippen molar-refractivity contribution in [3.8, 4) is 5.75 Å². The highest BCUT2D eigenvalue weighted by Gasteiger charge is 2.56. The number of carboxylic acids is 1. The van der Waals surface area contributed by atoms with E-state index in [0.29, 0.717) is 19.6 Å². The predicted molar refractivity (Wildman–Crippen MR) is 108 cm³/mol. The summed E-state index contributed by atoms with van der Waals surface area (Å²) in [7, 11) is 0. The molecule has 2 fully saturated rings. The van der Waals surface area contributed by atoms with Gasteiger partial charge in [-0.25, -0.2) is 9.97 Å². The largest absolute Gasteiger partial charge is 0.492 e. The Hall–Kier alpha value is -2.67. The van der Waals surface area contributed by atoms with Gasteiger partial charge in [0.2, 0.25) is 5.95 Å². The van der Waals surface area contributed by atoms with E-state index < -0.39 is 11.4 Å². The third kappa shape index (κ3) is 3.23. The first kappa shape index (κ1) is 18.4. The Bertz CT molecular complexity index is 897. The van der Waals surface area contributed by atoms with E-state index in [-0.39, 0.29) is 12.5 Å². The Morgan fingerprint density at radius 2 is 1.93 bits per heavy atom. The average molecular weight is 394 g/mol. The van der Waals surface area contributed by atoms with E-state index in [2.05, 4.69) is 19.8 Å². The van der Waals surface area contributed by atoms with Crippen LogP contribution in [0.15, 0.2) is 36.7 Å². The van der Waals surface area contributed by atoms with Crippen molar-refractivity contribution >= 4 is 11.9 Å². The van der Waals surface area contributed by atoms with Gasteiger partial charge in [-0.1, -0.05) is 18.2 Å². The maximum Gasteiger partial charge on any atom is 0.315 e. The number of hydrogen-bond donors (Lipinski definition) is 1. The Morgan fingerprint density at radius 3 is 2.69 bits per heavy atom. The molecule has 1 aromatic heterocycles. The highest BCUT2D eigenvalue weighted by molar-refractivity contribution is 5.78. The van der Waals surface area contributed by atoms with Gasteiger partial charge < -0.3 is 14.7 Å². The van der Waals surface area contributed by atoms with Gasteiger partial charge in [-0.2, -0.15) is 0 Å². The molecule has 0 amide bonds. The van der Waals surface area contributed by atoms with Gasteiger partial charge >= 0.3 is 5.97 Å². The molecule has 2 aromatic rings. The van der Waals surface area contributed by atoms with Crippen LogP contribution in [0.3, 0.4) is 0 Å². The first-order valence-electron chi connectivity index (χ1n) is 10.4. The first-order valence-corrected chi connectivity index (χ1v) is 10.4. The number of piperidine rings is 1. The second kappa shape index (κ2) is 7.30. The second-order valence-electron chi connectivity index (χ2n) is 8.45. The highest BCUT2D eigenvalue weighted by Crippen LogP contribution is 2.49. The van der Waals surface area contributed by atoms with E-state index in [4.69, 9.17) is 4.74 Å². The molecule has 0 bridgehead atoms. The number of benzene rings is 1. The lowest BCUT2D eigenvalue weighted by molar-refractivity contribution is -0.151. The molecule has 7 heteroatoms. The quantitative estimate of drug-likeness (QED) is 0.854. The summed E-state index contributed by atoms with van der Waals surface area (Å²) in [5.74, 6) is 0.757. The molecule has 2 saturated heterocycles. The molecule has 152 valence electrons. The molecular formula is C22H26N4O3. The number of likely N-dealkylation sites (tertiary alicyclic amines) is 1. The van der Waals surface area contributed by atoms with Gasteiger partial charge in [0.1, 0.15) is 17.8 Å². The van der Waals surface area contributed by atoms with Crippen LogP contribution in [-0.4, -0.2) is 58.7 Å². The van der Waals surface area contributed by atoms with Crippen LogP contribution in [-0.2, 0) is 11.3 Å². The number of hydrogen-bond acceptors (Lipinski definition) is 6. The molecule has 2 atom stereocenters. The second-order valence-corrected chi connectivity index (χ2v) is 8.45. The summed E-state index contributed by atoms with van der Waals surface area (Å²) in [5, 5.41) is 10.1. The molecule has 3 aliphatic rings. The molecular weight excluding hydrogens is 368 g/mol. The summed E-state index contributed by atoms with van der Waals surface area (Å²) < 4.78 is 5.85. The van der Waals surface area contributed by atoms with Crippen molar-refractivity contribution in [2.75, 3.05) is 37.7 Å². The van der Waals surface area contributed by atoms with E-state index in [1.54, 1.807) is 0 Å². The van der Waals surface area contributed by atoms with Gasteiger partial charge in [-0.15, -0.1) is 0 Å². The smallest absolute Gasteiger partial charge is 0.315 e. The summed E-state index contributed by atoms with van der Waals surface area (Å²) in [4.78, 5) is 25.8. The summed E-state index contributed by atoms with van der Waals surface area (Å²) in [6, 6.07) is 7.81. The number of para-hydroxylation sites is 1. The monoisotopic (exact) mass is 394 g/mol. The van der Waals surface area contributed by atoms with Crippen LogP contribution < -0.4 is 9.64 Å². The number of fused-ring (bicyclic) bond motifs is 3. The van der Waals surface area contributed by atoms with Gasteiger partial charge in [-0.3, -0.25) is 9.69 Å². The van der Waals surface area contributed by atoms with Crippen LogP contribution in [0.4, 0.5) is 5.95 Å². The number of carboxylic acid groups (broad SMARTS) is 1. The Labute approximate surface area is 170 Å². The fourth-order valence-corrected chi connectivity index (χ4v) is 5.00. The molecule has 0 spiro atoms. The SMILES string of the molecule is O=C(O)C12COc3ccccc3C1CN(Cc1cnc(N3CCCCC3)nc1)C2. The molecule has 7 nitrogen and oxygen atoms in total. The van der Waals surface area contributed by atoms with E-state index >= 15 is 0 Å². The molecule has 1 aromatic carbocycles. The zero-order valence-corrected chi connectivity index (χ0v) is 16.5. The fraction of sp³-hybridized carbons (Fsp3) is 0.500. The molecule has 0 saturated carbocycles. The van der Waals surface area contributed by atoms with Crippen molar-refractivity contribution in [3.05, 3.63) is 47.8 Å². The molecule has 4 heterocycles. The maximum atomic E-state index is 12.2. The van der Waals surface area contributed by atoms with Crippen LogP contribution in [0.25, 0.3) is 0 Å². The zero-order valence-electron chi connectivity index (χ0n) is 16.5. The van der Waals surface area contributed by atoms with Crippen molar-refractivity contribution in [2.45, 2.75) is 31.7 Å². The van der Waals surface area contributed by atoms with Crippen molar-refractivity contribution in [3.63, 3.8) is 0 Å². The molecule has 0 radical (unpaired) electrons. The molecule has 3 aliphatic heterocycles. The lowest BCUT2D eigenvalue weighted by Crippen LogP contribution is -2.45. The topological polar surface area (TPSA) is 78.8 Å². The van der Waals surface area contributed by atoms with Gasteiger partial charge in [0.25, 0.3) is 0 Å². The Kier molecular flexibility index (Phi) is 4.62. The number of carbonyl (C=O) groups is 1. The third-order valence-electron chi connectivity index (χ3n) is 6.56. The normalized spacial score (nSPS) is 26.5. The minimum Gasteiger partial charge on any atom is -0.492 e. The summed E-state index contributed by atoms with van der Waals surface area (Å²) in [6.07, 6.45) is 7.44. The molecule has 0 aliphatic carbocycles. The molecule has 5 rings (SSSR count). The number of aromatic nitrogens is 2. The standard InChI is InChI=1S/C22H26N4O3/c27-20(28)22-14-25(13-18(22)17-6-2-3-7-19(17)29-15-22)12-16-10-23-21(24-11-16)26-8-4-1-5-9-26/h2-3,6-7,10-11,18H,1,4-5,8-9,12-15H2,(H,27,28). The van der Waals surface area contributed by atoms with Crippen molar-refractivity contribution in [2.24, 2.45) is 5.41 Å². The van der Waals surface area contributed by atoms with Crippen molar-refractivity contribution in [1.29, 1.82) is 0 Å². The summed E-state index contributed by atoms with van der Waals surface area (Å²) in [5.41, 5.74) is 1.11. The molecule has 29 heavy (non-hydrogen) atoms. The van der Waals surface area contributed by atoms with Gasteiger partial charge in [-0.05, 0) is 30.9 Å². The van der Waals surface area contributed by atoms with Crippen LogP contribution in [0.1, 0.15) is 36.3 Å². The van der Waals surface area contributed by atoms with Crippen LogP contribution in [0.2, 0.25) is 0 Å². The van der Waals surface area contributed by atoms with E-state index in [0.717, 1.165) is 35.9 Å². The fourth-order valence-electron chi connectivity index (χ4n) is 5.00. The van der Waals surface area contributed by atoms with Gasteiger partial charge in [0, 0.05) is 56.6 Å². The van der Waals surface area contributed by atoms with Crippen molar-refractivity contribution < 1.29 is 14.6 Å². The summed E-state index contributed by atoms with van der Waals surface area (Å²) >= 11 is 0. The molecule has 2 unspecified atom stereocenters. The number of ether oxygens (including phenoxy) is 1. The lowest BCUT2D eigenvalue weighted by Gasteiger charge is -2.35. The number of aliphatic carboxylic acids is 1. The van der Waals surface area contributed by atoms with Crippen molar-refractivity contribution in [1.82, 2.24) is 14.9 Å². The molecule has 1 N–H and O–H groups in total. The highest BCUT2D eigenvalue weighted by atomic mass is 16.5. The Balaban J connectivity index is 1.33. The van der Waals surface area contributed by atoms with E-state index in [1.807, 2.05) is 36.7 Å². The Morgan fingerprint density at radius 1 is 1.17 bits per heavy atom. The minimum atomic E-state index is -0.900. The lowest BCUT2D eigenvalue weighted by atomic mass is 9.73. The summed E-state index contributed by atoms with van der Waals surface area (Å²) in [6.45, 7) is 4.07. The number of anilines is 1. The van der Waals surface area contributed by atoms with Crippen LogP contribution >= 0.6 is 0 Å². The van der Waals surface area contributed by atoms with E-state index in [1.165, 1.54) is 19.3 Å². The predicted octanol–water partition coefficient (Wildman–Crippen LogP) is 2.53.